The van der Waals surface area contributed by atoms with Gasteiger partial charge in [0.1, 0.15) is 5.82 Å². The third-order valence-corrected chi connectivity index (χ3v) is 1.72. The largest absolute Gasteiger partial charge is 0.504 e. The van der Waals surface area contributed by atoms with Gasteiger partial charge in [-0.3, -0.25) is 0 Å². The number of hydrogen-bond acceptors (Lipinski definition) is 5. The van der Waals surface area contributed by atoms with Crippen LogP contribution in [0.15, 0.2) is 36.5 Å². The maximum absolute atomic E-state index is 9.43. The number of aromatic hydroxyl groups is 1. The lowest BCUT2D eigenvalue weighted by Gasteiger charge is -2.04. The lowest BCUT2D eigenvalue weighted by atomic mass is 10.3. The minimum Gasteiger partial charge on any atom is -0.504 e. The summed E-state index contributed by atoms with van der Waals surface area (Å²) in [4.78, 5) is 7.69. The molecule has 0 radical (unpaired) electrons. The lowest BCUT2D eigenvalue weighted by molar-refractivity contribution is 0.392. The number of benzene rings is 1. The average Bonchev–Trinajstić information content (AvgIpc) is 2.22. The standard InChI is InChI=1S/C10H9N3O2/c11-9-5-6-12-10(13-9)15-8-4-2-1-3-7(8)14/h1-6,14H,(H2,11,12,13). The molecule has 1 aromatic heterocycles. The van der Waals surface area contributed by atoms with Crippen LogP contribution in [0.1, 0.15) is 0 Å². The van der Waals surface area contributed by atoms with Gasteiger partial charge in [-0.1, -0.05) is 12.1 Å². The van der Waals surface area contributed by atoms with Gasteiger partial charge in [0, 0.05) is 6.20 Å². The number of nitrogen functional groups attached to an aromatic ring is 1. The van der Waals surface area contributed by atoms with Gasteiger partial charge in [-0.15, -0.1) is 0 Å². The Bertz CT molecular complexity index is 474. The summed E-state index contributed by atoms with van der Waals surface area (Å²) in [5, 5.41) is 9.43. The van der Waals surface area contributed by atoms with E-state index < -0.39 is 0 Å². The molecule has 2 aromatic rings. The highest BCUT2D eigenvalue weighted by Gasteiger charge is 2.04. The van der Waals surface area contributed by atoms with Gasteiger partial charge in [-0.05, 0) is 18.2 Å². The maximum Gasteiger partial charge on any atom is 0.324 e. The third kappa shape index (κ3) is 2.14. The van der Waals surface area contributed by atoms with Gasteiger partial charge in [-0.2, -0.15) is 4.98 Å². The highest BCUT2D eigenvalue weighted by atomic mass is 16.5. The molecule has 5 nitrogen and oxygen atoms in total. The number of rotatable bonds is 2. The summed E-state index contributed by atoms with van der Waals surface area (Å²) < 4.78 is 5.24. The Balaban J connectivity index is 2.26. The van der Waals surface area contributed by atoms with Crippen LogP contribution in [0.25, 0.3) is 0 Å². The normalized spacial score (nSPS) is 9.87. The summed E-state index contributed by atoms with van der Waals surface area (Å²) in [5.41, 5.74) is 5.46. The molecular formula is C10H9N3O2. The van der Waals surface area contributed by atoms with E-state index in [1.807, 2.05) is 0 Å². The van der Waals surface area contributed by atoms with E-state index in [2.05, 4.69) is 9.97 Å². The Morgan fingerprint density at radius 2 is 2.00 bits per heavy atom. The molecule has 3 N–H and O–H groups in total. The van der Waals surface area contributed by atoms with Crippen molar-refractivity contribution in [1.82, 2.24) is 9.97 Å². The fourth-order valence-corrected chi connectivity index (χ4v) is 1.04. The molecule has 0 aliphatic carbocycles. The first-order chi connectivity index (χ1) is 7.25. The van der Waals surface area contributed by atoms with E-state index >= 15 is 0 Å². The minimum atomic E-state index is 0.0310. The first-order valence-electron chi connectivity index (χ1n) is 4.30. The summed E-state index contributed by atoms with van der Waals surface area (Å²) in [6.45, 7) is 0. The predicted octanol–water partition coefficient (Wildman–Crippen LogP) is 1.56. The van der Waals surface area contributed by atoms with Crippen molar-refractivity contribution < 1.29 is 9.84 Å². The topological polar surface area (TPSA) is 81.3 Å². The van der Waals surface area contributed by atoms with Crippen LogP contribution in [0.3, 0.4) is 0 Å². The number of para-hydroxylation sites is 2. The van der Waals surface area contributed by atoms with Gasteiger partial charge < -0.3 is 15.6 Å². The van der Waals surface area contributed by atoms with Gasteiger partial charge in [0.15, 0.2) is 11.5 Å². The zero-order valence-corrected chi connectivity index (χ0v) is 7.79. The van der Waals surface area contributed by atoms with Crippen molar-refractivity contribution in [3.05, 3.63) is 36.5 Å². The molecule has 1 aromatic carbocycles. The zero-order valence-electron chi connectivity index (χ0n) is 7.79. The molecule has 76 valence electrons. The molecule has 5 heteroatoms. The van der Waals surface area contributed by atoms with Crippen molar-refractivity contribution in [1.29, 1.82) is 0 Å². The van der Waals surface area contributed by atoms with Crippen molar-refractivity contribution in [3.8, 4) is 17.5 Å². The molecule has 2 rings (SSSR count). The zero-order chi connectivity index (χ0) is 10.7. The summed E-state index contributed by atoms with van der Waals surface area (Å²) in [6, 6.07) is 8.22. The smallest absolute Gasteiger partial charge is 0.324 e. The van der Waals surface area contributed by atoms with Crippen LogP contribution < -0.4 is 10.5 Å². The Morgan fingerprint density at radius 1 is 1.20 bits per heavy atom. The molecule has 1 heterocycles. The number of hydrogen-bond donors (Lipinski definition) is 2. The highest BCUT2D eigenvalue weighted by molar-refractivity contribution is 5.40. The Kier molecular flexibility index (Phi) is 2.37. The molecule has 0 spiro atoms. The van der Waals surface area contributed by atoms with Crippen molar-refractivity contribution in [2.45, 2.75) is 0 Å². The van der Waals surface area contributed by atoms with Gasteiger partial charge in [0.25, 0.3) is 0 Å². The second kappa shape index (κ2) is 3.83. The van der Waals surface area contributed by atoms with E-state index in [4.69, 9.17) is 10.5 Å². The second-order valence-electron chi connectivity index (χ2n) is 2.83. The van der Waals surface area contributed by atoms with Crippen LogP contribution in [0.2, 0.25) is 0 Å². The Labute approximate surface area is 86.2 Å². The average molecular weight is 203 g/mol. The second-order valence-corrected chi connectivity index (χ2v) is 2.83. The number of ether oxygens (including phenoxy) is 1. The van der Waals surface area contributed by atoms with Crippen LogP contribution in [0.4, 0.5) is 5.82 Å². The van der Waals surface area contributed by atoms with Gasteiger partial charge in [0.2, 0.25) is 0 Å². The molecule has 0 atom stereocenters. The van der Waals surface area contributed by atoms with E-state index in [0.29, 0.717) is 11.6 Å². The van der Waals surface area contributed by atoms with Gasteiger partial charge >= 0.3 is 6.01 Å². The number of anilines is 1. The molecule has 0 aliphatic rings. The first kappa shape index (κ1) is 9.26. The molecular weight excluding hydrogens is 194 g/mol. The first-order valence-corrected chi connectivity index (χ1v) is 4.30. The summed E-state index contributed by atoms with van der Waals surface area (Å²) in [5.74, 6) is 0.641. The van der Waals surface area contributed by atoms with E-state index in [-0.39, 0.29) is 11.8 Å². The molecule has 0 bridgehead atoms. The molecule has 0 fully saturated rings. The third-order valence-electron chi connectivity index (χ3n) is 1.72. The van der Waals surface area contributed by atoms with Crippen molar-refractivity contribution in [3.63, 3.8) is 0 Å². The molecule has 15 heavy (non-hydrogen) atoms. The summed E-state index contributed by atoms with van der Waals surface area (Å²) >= 11 is 0. The predicted molar refractivity (Wildman–Crippen MR) is 54.6 cm³/mol. The molecule has 0 saturated heterocycles. The fraction of sp³-hybridized carbons (Fsp3) is 0. The van der Waals surface area contributed by atoms with Crippen LogP contribution in [0.5, 0.6) is 17.5 Å². The quantitative estimate of drug-likeness (QED) is 0.773. The number of nitrogens with zero attached hydrogens (tertiary/aromatic N) is 2. The van der Waals surface area contributed by atoms with E-state index in [9.17, 15) is 5.11 Å². The van der Waals surface area contributed by atoms with Crippen LogP contribution in [0, 0.1) is 0 Å². The van der Waals surface area contributed by atoms with E-state index in [1.54, 1.807) is 24.3 Å². The minimum absolute atomic E-state index is 0.0310. The van der Waals surface area contributed by atoms with Gasteiger partial charge in [0.05, 0.1) is 0 Å². The SMILES string of the molecule is Nc1ccnc(Oc2ccccc2O)n1. The number of phenols is 1. The van der Waals surface area contributed by atoms with Crippen molar-refractivity contribution in [2.75, 3.05) is 5.73 Å². The van der Waals surface area contributed by atoms with Gasteiger partial charge in [-0.25, -0.2) is 4.98 Å². The number of nitrogens with two attached hydrogens (primary N) is 1. The monoisotopic (exact) mass is 203 g/mol. The van der Waals surface area contributed by atoms with E-state index in [0.717, 1.165) is 0 Å². The molecule has 0 aliphatic heterocycles. The summed E-state index contributed by atoms with van der Waals surface area (Å²) in [7, 11) is 0. The lowest BCUT2D eigenvalue weighted by Crippen LogP contribution is -1.95. The Morgan fingerprint density at radius 3 is 2.73 bits per heavy atom. The number of aromatic nitrogens is 2. The summed E-state index contributed by atoms with van der Waals surface area (Å²) in [6.07, 6.45) is 1.48. The Hall–Kier alpha value is -2.30. The maximum atomic E-state index is 9.43. The number of phenolic OH excluding ortho intramolecular Hbond substituents is 1. The van der Waals surface area contributed by atoms with Crippen LogP contribution >= 0.6 is 0 Å². The van der Waals surface area contributed by atoms with Crippen LogP contribution in [-0.4, -0.2) is 15.1 Å². The molecule has 0 saturated carbocycles. The fourth-order valence-electron chi connectivity index (χ4n) is 1.04. The molecule has 0 amide bonds. The van der Waals surface area contributed by atoms with Crippen LogP contribution in [-0.2, 0) is 0 Å². The highest BCUT2D eigenvalue weighted by Crippen LogP contribution is 2.27. The molecule has 0 unspecified atom stereocenters. The van der Waals surface area contributed by atoms with E-state index in [1.165, 1.54) is 12.3 Å². The van der Waals surface area contributed by atoms with Crippen molar-refractivity contribution in [2.24, 2.45) is 0 Å². The van der Waals surface area contributed by atoms with Crippen molar-refractivity contribution >= 4 is 5.82 Å².